The van der Waals surface area contributed by atoms with Crippen molar-refractivity contribution in [3.05, 3.63) is 42.0 Å². The van der Waals surface area contributed by atoms with E-state index in [-0.39, 0.29) is 61.5 Å². The zero-order chi connectivity index (χ0) is 16.7. The van der Waals surface area contributed by atoms with E-state index in [9.17, 15) is 9.59 Å². The number of amides is 1. The Labute approximate surface area is 184 Å². The minimum Gasteiger partial charge on any atom is -0.566 e. The molecule has 1 heterocycles. The summed E-state index contributed by atoms with van der Waals surface area (Å²) in [6, 6.07) is 7.25. The molecule has 135 valence electrons. The van der Waals surface area contributed by atoms with Crippen molar-refractivity contribution in [3.63, 3.8) is 0 Å². The minimum absolute atomic E-state index is 0. The summed E-state index contributed by atoms with van der Waals surface area (Å²) in [5.74, 6) is -0.206. The molecule has 1 saturated heterocycles. The topological polar surface area (TPSA) is 70.1 Å². The molecule has 1 aliphatic rings. The second-order valence-corrected chi connectivity index (χ2v) is 5.48. The Kier molecular flexibility index (Phi) is 12.8. The normalized spacial score (nSPS) is 14.0. The number of carbonyl (C=O) groups excluding carboxylic acids is 2. The van der Waals surface area contributed by atoms with Gasteiger partial charge in [0, 0.05) is 75.7 Å². The maximum Gasteiger partial charge on any atom is 0.337 e. The summed E-state index contributed by atoms with van der Waals surface area (Å²) in [5, 5.41) is 12.6. The third-order valence-corrected chi connectivity index (χ3v) is 3.95. The molecule has 1 N–H and O–H groups in total. The van der Waals surface area contributed by atoms with E-state index in [4.69, 9.17) is 5.11 Å². The molecule has 0 unspecified atom stereocenters. The molecular weight excluding hydrogens is 585 g/mol. The molecule has 0 saturated carbocycles. The van der Waals surface area contributed by atoms with E-state index in [2.05, 4.69) is 9.75 Å². The zero-order valence-electron chi connectivity index (χ0n) is 14.4. The number of hydrazine groups is 1. The Balaban J connectivity index is 0.00000288. The fourth-order valence-corrected chi connectivity index (χ4v) is 2.66. The molecule has 0 bridgehead atoms. The van der Waals surface area contributed by atoms with Gasteiger partial charge in [-0.1, -0.05) is 18.6 Å². The van der Waals surface area contributed by atoms with E-state index in [1.165, 1.54) is 7.11 Å². The van der Waals surface area contributed by atoms with Crippen LogP contribution in [-0.2, 0) is 34.5 Å². The van der Waals surface area contributed by atoms with Crippen LogP contribution in [0, 0.1) is 37.7 Å². The Morgan fingerprint density at radius 3 is 2.56 bits per heavy atom. The van der Waals surface area contributed by atoms with Crippen LogP contribution in [0.5, 0.6) is 0 Å². The second-order valence-electron chi connectivity index (χ2n) is 5.48. The second kappa shape index (κ2) is 13.0. The van der Waals surface area contributed by atoms with Crippen molar-refractivity contribution in [2.45, 2.75) is 25.7 Å². The Morgan fingerprint density at radius 2 is 1.96 bits per heavy atom. The van der Waals surface area contributed by atoms with E-state index in [0.717, 1.165) is 38.1 Å². The molecule has 0 aromatic heterocycles. The number of aliphatic hydroxyl groups is 1. The van der Waals surface area contributed by atoms with Crippen molar-refractivity contribution in [2.24, 2.45) is 0 Å². The molecule has 8 heteroatoms. The van der Waals surface area contributed by atoms with Crippen LogP contribution in [0.3, 0.4) is 0 Å². The number of aliphatic hydroxyl groups excluding tert-OH is 1. The molecule has 1 radical (unpaired) electrons. The number of hydrogen-bond donors (Lipinski definition) is 1. The summed E-state index contributed by atoms with van der Waals surface area (Å²) in [4.78, 5) is 23.4. The number of esters is 1. The van der Waals surface area contributed by atoms with Crippen molar-refractivity contribution in [3.8, 4) is 0 Å². The third kappa shape index (κ3) is 7.46. The number of ether oxygens (including phenoxy) is 1. The van der Waals surface area contributed by atoms with Crippen LogP contribution in [0.1, 0.15) is 35.2 Å². The monoisotopic (exact) mass is 608 g/mol. The molecule has 25 heavy (non-hydrogen) atoms. The van der Waals surface area contributed by atoms with Gasteiger partial charge in [-0.05, 0) is 24.1 Å². The van der Waals surface area contributed by atoms with Crippen molar-refractivity contribution in [1.29, 1.82) is 0 Å². The number of unbranched alkanes of at least 4 members (excludes halogenated alkanes) is 1. The fraction of sp³-hybridized carbons (Fsp3) is 0.471. The molecule has 0 aliphatic carbocycles. The van der Waals surface area contributed by atoms with E-state index >= 15 is 0 Å². The Hall–Kier alpha value is -0.284. The van der Waals surface area contributed by atoms with Crippen LogP contribution in [0.15, 0.2) is 24.3 Å². The van der Waals surface area contributed by atoms with E-state index < -0.39 is 0 Å². The maximum absolute atomic E-state index is 12.0. The molecule has 2 rings (SSSR count). The zero-order valence-corrected chi connectivity index (χ0v) is 19.9. The number of carbonyl (C=O) groups is 2. The third-order valence-electron chi connectivity index (χ3n) is 3.95. The van der Waals surface area contributed by atoms with Crippen LogP contribution in [0.25, 0.3) is 0 Å². The smallest absolute Gasteiger partial charge is 0.337 e. The quantitative estimate of drug-likeness (QED) is 0.277. The van der Waals surface area contributed by atoms with E-state index in [1.807, 2.05) is 12.1 Å². The van der Waals surface area contributed by atoms with Gasteiger partial charge in [0.2, 0.25) is 5.91 Å². The average Bonchev–Trinajstić information content (AvgIpc) is 2.93. The molecule has 6 nitrogen and oxygen atoms in total. The summed E-state index contributed by atoms with van der Waals surface area (Å²) >= 11 is 0. The van der Waals surface area contributed by atoms with Gasteiger partial charge >= 0.3 is 5.97 Å². The number of methoxy groups -OCH3 is 1. The van der Waals surface area contributed by atoms with Gasteiger partial charge in [-0.2, -0.15) is 6.42 Å². The van der Waals surface area contributed by atoms with Crippen molar-refractivity contribution in [1.82, 2.24) is 10.0 Å². The summed E-state index contributed by atoms with van der Waals surface area (Å²) in [7, 11) is 1.36. The van der Waals surface area contributed by atoms with Crippen molar-refractivity contribution >= 4 is 11.9 Å². The Morgan fingerprint density at radius 1 is 1.28 bits per heavy atom. The average molecular weight is 608 g/mol. The number of hydrogen-bond acceptors (Lipinski definition) is 5. The van der Waals surface area contributed by atoms with Crippen LogP contribution in [0.2, 0.25) is 0 Å². The van der Waals surface area contributed by atoms with Gasteiger partial charge in [0.25, 0.3) is 0 Å². The molecule has 1 aromatic carbocycles. The summed E-state index contributed by atoms with van der Waals surface area (Å²) in [6.07, 6.45) is 2.74. The first-order valence-electron chi connectivity index (χ1n) is 7.84. The molecule has 1 aliphatic heterocycles. The SMILES string of the molecule is COC(=O)c1ccc(CCN2C(=O)CCN2CCC[CH-]O)cc1.[U].[V]. The maximum atomic E-state index is 12.0. The van der Waals surface area contributed by atoms with Gasteiger partial charge in [0.1, 0.15) is 0 Å². The molecule has 0 spiro atoms. The summed E-state index contributed by atoms with van der Waals surface area (Å²) in [6.45, 7) is 3.29. The largest absolute Gasteiger partial charge is 0.566 e. The van der Waals surface area contributed by atoms with E-state index in [0.29, 0.717) is 24.9 Å². The fourth-order valence-electron chi connectivity index (χ4n) is 2.66. The first kappa shape index (κ1) is 24.7. The predicted molar refractivity (Wildman–Crippen MR) is 84.9 cm³/mol. The number of nitrogens with zero attached hydrogens (tertiary/aromatic N) is 2. The number of rotatable bonds is 8. The molecule has 1 aromatic rings. The first-order valence-corrected chi connectivity index (χ1v) is 7.84. The molecule has 1 amide bonds. The van der Waals surface area contributed by atoms with Crippen LogP contribution >= 0.6 is 0 Å². The predicted octanol–water partition coefficient (Wildman–Crippen LogP) is 1.78. The Bertz CT molecular complexity index is 542. The van der Waals surface area contributed by atoms with Gasteiger partial charge in [0.05, 0.1) is 12.7 Å². The van der Waals surface area contributed by atoms with Crippen LogP contribution in [-0.4, -0.2) is 53.7 Å². The minimum atomic E-state index is -0.349. The van der Waals surface area contributed by atoms with Crippen molar-refractivity contribution in [2.75, 3.05) is 26.7 Å². The van der Waals surface area contributed by atoms with Gasteiger partial charge in [-0.15, -0.1) is 0 Å². The van der Waals surface area contributed by atoms with Crippen LogP contribution < -0.4 is 0 Å². The summed E-state index contributed by atoms with van der Waals surface area (Å²) in [5.41, 5.74) is 1.59. The number of benzene rings is 1. The van der Waals surface area contributed by atoms with Gasteiger partial charge in [-0.3, -0.25) is 9.80 Å². The van der Waals surface area contributed by atoms with E-state index in [1.54, 1.807) is 17.1 Å². The standard InChI is InChI=1S/C17H23N2O4.U.V/c1-23-17(22)15-6-4-14(5-7-15)8-12-19-16(21)9-11-18(19)10-2-3-13-20;;/h4-7,13,20H,2-3,8-12H2,1H3;;/q-1;;. The van der Waals surface area contributed by atoms with Crippen molar-refractivity contribution < 1.29 is 69.1 Å². The molecular formula is C17H23N2O4UV-. The van der Waals surface area contributed by atoms with Crippen LogP contribution in [0.4, 0.5) is 0 Å². The van der Waals surface area contributed by atoms with Gasteiger partial charge in [0.15, 0.2) is 0 Å². The van der Waals surface area contributed by atoms with Gasteiger partial charge in [-0.25, -0.2) is 16.4 Å². The molecule has 1 fully saturated rings. The van der Waals surface area contributed by atoms with Gasteiger partial charge < -0.3 is 9.84 Å². The first-order chi connectivity index (χ1) is 11.2. The summed E-state index contributed by atoms with van der Waals surface area (Å²) < 4.78 is 4.67. The molecule has 0 atom stereocenters.